The van der Waals surface area contributed by atoms with Crippen LogP contribution in [0, 0.1) is 0 Å². The van der Waals surface area contributed by atoms with E-state index in [2.05, 4.69) is 5.32 Å². The predicted octanol–water partition coefficient (Wildman–Crippen LogP) is 1.95. The molecule has 0 bridgehead atoms. The first-order chi connectivity index (χ1) is 7.81. The highest BCUT2D eigenvalue weighted by molar-refractivity contribution is 5.73. The third-order valence-corrected chi connectivity index (χ3v) is 2.02. The number of nitrogens with two attached hydrogens (primary N) is 1. The van der Waals surface area contributed by atoms with Gasteiger partial charge >= 0.3 is 6.09 Å². The number of carbonyl (C=O) groups is 2. The fourth-order valence-electron chi connectivity index (χ4n) is 1.28. The van der Waals surface area contributed by atoms with Gasteiger partial charge in [-0.05, 0) is 33.6 Å². The van der Waals surface area contributed by atoms with Crippen molar-refractivity contribution >= 4 is 12.0 Å². The van der Waals surface area contributed by atoms with Crippen LogP contribution in [0.1, 0.15) is 52.9 Å². The van der Waals surface area contributed by atoms with Gasteiger partial charge in [-0.25, -0.2) is 4.79 Å². The second-order valence-corrected chi connectivity index (χ2v) is 5.06. The lowest BCUT2D eigenvalue weighted by Gasteiger charge is -2.19. The molecule has 2 amide bonds. The van der Waals surface area contributed by atoms with Gasteiger partial charge in [0.2, 0.25) is 5.91 Å². The van der Waals surface area contributed by atoms with E-state index >= 15 is 0 Å². The summed E-state index contributed by atoms with van der Waals surface area (Å²) in [5.74, 6) is -0.253. The average Bonchev–Trinajstić information content (AvgIpc) is 2.12. The van der Waals surface area contributed by atoms with Gasteiger partial charge in [0.15, 0.2) is 0 Å². The normalized spacial score (nSPS) is 11.0. The summed E-state index contributed by atoms with van der Waals surface area (Å²) in [5, 5.41) is 2.69. The number of amides is 2. The second-order valence-electron chi connectivity index (χ2n) is 5.06. The maximum absolute atomic E-state index is 11.2. The van der Waals surface area contributed by atoms with Crippen LogP contribution < -0.4 is 11.1 Å². The molecule has 0 aromatic rings. The minimum absolute atomic E-state index is 0.253. The molecule has 0 unspecified atom stereocenters. The van der Waals surface area contributed by atoms with Crippen LogP contribution in [0.25, 0.3) is 0 Å². The van der Waals surface area contributed by atoms with Crippen LogP contribution in [0.4, 0.5) is 4.79 Å². The van der Waals surface area contributed by atoms with E-state index in [0.717, 1.165) is 25.7 Å². The first-order valence-corrected chi connectivity index (χ1v) is 6.06. The smallest absolute Gasteiger partial charge is 0.407 e. The largest absolute Gasteiger partial charge is 0.444 e. The summed E-state index contributed by atoms with van der Waals surface area (Å²) in [6.07, 6.45) is 3.70. The lowest BCUT2D eigenvalue weighted by molar-refractivity contribution is -0.118. The summed E-state index contributed by atoms with van der Waals surface area (Å²) < 4.78 is 5.09. The Labute approximate surface area is 103 Å². The summed E-state index contributed by atoms with van der Waals surface area (Å²) in [4.78, 5) is 21.7. The van der Waals surface area contributed by atoms with Crippen LogP contribution >= 0.6 is 0 Å². The maximum atomic E-state index is 11.2. The summed E-state index contributed by atoms with van der Waals surface area (Å²) in [6.45, 7) is 6.09. The number of hydrogen-bond acceptors (Lipinski definition) is 3. The first kappa shape index (κ1) is 15.7. The van der Waals surface area contributed by atoms with Gasteiger partial charge in [-0.3, -0.25) is 4.79 Å². The van der Waals surface area contributed by atoms with Gasteiger partial charge in [0, 0.05) is 13.0 Å². The molecule has 5 heteroatoms. The van der Waals surface area contributed by atoms with Gasteiger partial charge in [0.25, 0.3) is 0 Å². The number of nitrogens with one attached hydrogen (secondary N) is 1. The van der Waals surface area contributed by atoms with Gasteiger partial charge in [0.05, 0.1) is 0 Å². The van der Waals surface area contributed by atoms with Crippen LogP contribution in [0.3, 0.4) is 0 Å². The molecular formula is C12H24N2O3. The van der Waals surface area contributed by atoms with Crippen molar-refractivity contribution < 1.29 is 14.3 Å². The minimum atomic E-state index is -0.453. The highest BCUT2D eigenvalue weighted by Crippen LogP contribution is 2.06. The minimum Gasteiger partial charge on any atom is -0.444 e. The molecule has 0 saturated carbocycles. The number of alkyl carbamates (subject to hydrolysis) is 1. The van der Waals surface area contributed by atoms with E-state index in [9.17, 15) is 9.59 Å². The molecule has 17 heavy (non-hydrogen) atoms. The Hall–Kier alpha value is -1.26. The predicted molar refractivity (Wildman–Crippen MR) is 66.5 cm³/mol. The fourth-order valence-corrected chi connectivity index (χ4v) is 1.28. The number of carbonyl (C=O) groups excluding carboxylic acids is 2. The van der Waals surface area contributed by atoms with Gasteiger partial charge < -0.3 is 15.8 Å². The number of primary amides is 1. The molecule has 0 atom stereocenters. The number of hydrogen-bond donors (Lipinski definition) is 2. The van der Waals surface area contributed by atoms with Gasteiger partial charge in [-0.2, -0.15) is 0 Å². The summed E-state index contributed by atoms with van der Waals surface area (Å²) in [6, 6.07) is 0. The molecule has 0 aliphatic heterocycles. The molecule has 0 aromatic heterocycles. The lowest BCUT2D eigenvalue weighted by Crippen LogP contribution is -2.32. The molecular weight excluding hydrogens is 220 g/mol. The molecule has 3 N–H and O–H groups in total. The Morgan fingerprint density at radius 2 is 1.71 bits per heavy atom. The average molecular weight is 244 g/mol. The molecule has 100 valence electrons. The van der Waals surface area contributed by atoms with E-state index in [4.69, 9.17) is 10.5 Å². The summed E-state index contributed by atoms with van der Waals surface area (Å²) in [7, 11) is 0. The highest BCUT2D eigenvalue weighted by atomic mass is 16.6. The van der Waals surface area contributed by atoms with Gasteiger partial charge in [-0.1, -0.05) is 12.8 Å². The fraction of sp³-hybridized carbons (Fsp3) is 0.833. The Morgan fingerprint density at radius 1 is 1.12 bits per heavy atom. The molecule has 0 spiro atoms. The third-order valence-electron chi connectivity index (χ3n) is 2.02. The van der Waals surface area contributed by atoms with E-state index in [-0.39, 0.29) is 12.0 Å². The van der Waals surface area contributed by atoms with Crippen molar-refractivity contribution in [1.82, 2.24) is 5.32 Å². The molecule has 0 radical (unpaired) electrons. The SMILES string of the molecule is CC(C)(C)OC(=O)NCCCCCCC(N)=O. The van der Waals surface area contributed by atoms with Crippen LogP contribution in [-0.4, -0.2) is 24.1 Å². The Balaban J connectivity index is 3.34. The zero-order chi connectivity index (χ0) is 13.3. The van der Waals surface area contributed by atoms with Crippen LogP contribution in [0.15, 0.2) is 0 Å². The van der Waals surface area contributed by atoms with E-state index in [0.29, 0.717) is 13.0 Å². The van der Waals surface area contributed by atoms with Crippen molar-refractivity contribution in [1.29, 1.82) is 0 Å². The number of ether oxygens (including phenoxy) is 1. The molecule has 0 aliphatic rings. The van der Waals surface area contributed by atoms with Crippen LogP contribution in [0.5, 0.6) is 0 Å². The Kier molecular flexibility index (Phi) is 7.34. The monoisotopic (exact) mass is 244 g/mol. The van der Waals surface area contributed by atoms with Crippen molar-refractivity contribution in [2.24, 2.45) is 5.73 Å². The summed E-state index contributed by atoms with van der Waals surface area (Å²) in [5.41, 5.74) is 4.57. The van der Waals surface area contributed by atoms with Crippen molar-refractivity contribution in [2.75, 3.05) is 6.54 Å². The standard InChI is InChI=1S/C12H24N2O3/c1-12(2,3)17-11(16)14-9-7-5-4-6-8-10(13)15/h4-9H2,1-3H3,(H2,13,15)(H,14,16). The van der Waals surface area contributed by atoms with E-state index in [1.54, 1.807) is 0 Å². The highest BCUT2D eigenvalue weighted by Gasteiger charge is 2.15. The van der Waals surface area contributed by atoms with Crippen molar-refractivity contribution in [3.05, 3.63) is 0 Å². The topological polar surface area (TPSA) is 81.4 Å². The third kappa shape index (κ3) is 12.7. The van der Waals surface area contributed by atoms with Crippen molar-refractivity contribution in [3.8, 4) is 0 Å². The van der Waals surface area contributed by atoms with E-state index < -0.39 is 5.60 Å². The maximum Gasteiger partial charge on any atom is 0.407 e. The van der Waals surface area contributed by atoms with Gasteiger partial charge in [-0.15, -0.1) is 0 Å². The lowest BCUT2D eigenvalue weighted by atomic mass is 10.1. The Morgan fingerprint density at radius 3 is 2.24 bits per heavy atom. The molecule has 5 nitrogen and oxygen atoms in total. The Bertz CT molecular complexity index is 247. The number of unbranched alkanes of at least 4 members (excludes halogenated alkanes) is 3. The second kappa shape index (κ2) is 7.92. The van der Waals surface area contributed by atoms with E-state index in [1.165, 1.54) is 0 Å². The van der Waals surface area contributed by atoms with Gasteiger partial charge in [0.1, 0.15) is 5.60 Å². The van der Waals surface area contributed by atoms with E-state index in [1.807, 2.05) is 20.8 Å². The molecule has 0 aliphatic carbocycles. The van der Waals surface area contributed by atoms with Crippen LogP contribution in [-0.2, 0) is 9.53 Å². The molecule has 0 rings (SSSR count). The molecule has 0 saturated heterocycles. The molecule has 0 heterocycles. The van der Waals surface area contributed by atoms with Crippen molar-refractivity contribution in [3.63, 3.8) is 0 Å². The zero-order valence-electron chi connectivity index (χ0n) is 11.0. The zero-order valence-corrected chi connectivity index (χ0v) is 11.0. The molecule has 0 fully saturated rings. The number of rotatable bonds is 7. The summed E-state index contributed by atoms with van der Waals surface area (Å²) >= 11 is 0. The van der Waals surface area contributed by atoms with Crippen molar-refractivity contribution in [2.45, 2.75) is 58.5 Å². The molecule has 0 aromatic carbocycles. The van der Waals surface area contributed by atoms with Crippen LogP contribution in [0.2, 0.25) is 0 Å². The quantitative estimate of drug-likeness (QED) is 0.671. The first-order valence-electron chi connectivity index (χ1n) is 6.06.